The molecule has 28 heavy (non-hydrogen) atoms. The number of nitriles is 1. The lowest BCUT2D eigenvalue weighted by Crippen LogP contribution is -2.46. The Bertz CT molecular complexity index is 930. The average Bonchev–Trinajstić information content (AvgIpc) is 3.07. The second-order valence-electron chi connectivity index (χ2n) is 7.22. The molecular formula is C22H26N4O2. The van der Waals surface area contributed by atoms with Crippen LogP contribution >= 0.6 is 0 Å². The van der Waals surface area contributed by atoms with E-state index in [0.29, 0.717) is 26.1 Å². The second kappa shape index (κ2) is 8.75. The van der Waals surface area contributed by atoms with Gasteiger partial charge in [0.15, 0.2) is 0 Å². The zero-order valence-corrected chi connectivity index (χ0v) is 16.5. The number of carbonyl (C=O) groups excluding carboxylic acids is 2. The summed E-state index contributed by atoms with van der Waals surface area (Å²) in [4.78, 5) is 27.7. The van der Waals surface area contributed by atoms with Crippen molar-refractivity contribution in [3.63, 3.8) is 0 Å². The number of hydrogen-bond acceptors (Lipinski definition) is 3. The SMILES string of the molecule is CC(=O)N(C)C1CCN(C(=O)C=Cc2cn(CCC#N)c3ccccc23)CC1. The Morgan fingerprint density at radius 1 is 1.29 bits per heavy atom. The molecule has 2 amide bonds. The highest BCUT2D eigenvalue weighted by Crippen LogP contribution is 2.23. The van der Waals surface area contributed by atoms with E-state index in [-0.39, 0.29) is 17.9 Å². The van der Waals surface area contributed by atoms with E-state index in [0.717, 1.165) is 29.3 Å². The summed E-state index contributed by atoms with van der Waals surface area (Å²) in [6.45, 7) is 3.54. The number of rotatable bonds is 5. The molecule has 1 aromatic carbocycles. The number of likely N-dealkylation sites (tertiary alicyclic amines) is 1. The van der Waals surface area contributed by atoms with Gasteiger partial charge < -0.3 is 14.4 Å². The fourth-order valence-corrected chi connectivity index (χ4v) is 3.76. The Balaban J connectivity index is 1.68. The Hall–Kier alpha value is -3.07. The summed E-state index contributed by atoms with van der Waals surface area (Å²) in [5.41, 5.74) is 2.05. The lowest BCUT2D eigenvalue weighted by molar-refractivity contribution is -0.132. The maximum atomic E-state index is 12.6. The van der Waals surface area contributed by atoms with Crippen LogP contribution in [0.5, 0.6) is 0 Å². The topological polar surface area (TPSA) is 69.3 Å². The van der Waals surface area contributed by atoms with Crippen LogP contribution < -0.4 is 0 Å². The number of nitrogens with zero attached hydrogens (tertiary/aromatic N) is 4. The first kappa shape index (κ1) is 19.7. The van der Waals surface area contributed by atoms with Gasteiger partial charge in [0, 0.05) is 68.4 Å². The van der Waals surface area contributed by atoms with Gasteiger partial charge in [-0.05, 0) is 25.0 Å². The minimum Gasteiger partial charge on any atom is -0.346 e. The Labute approximate surface area is 165 Å². The number of aromatic nitrogens is 1. The van der Waals surface area contributed by atoms with Crippen molar-refractivity contribution >= 4 is 28.8 Å². The standard InChI is InChI=1S/C22H26N4O2/c1-17(27)24(2)19-10-14-25(15-11-19)22(28)9-8-18-16-26(13-5-12-23)21-7-4-3-6-20(18)21/h3-4,6-9,16,19H,5,10-11,13-15H2,1-2H3. The van der Waals surface area contributed by atoms with Crippen LogP contribution in [-0.2, 0) is 16.1 Å². The maximum Gasteiger partial charge on any atom is 0.246 e. The van der Waals surface area contributed by atoms with E-state index in [9.17, 15) is 9.59 Å². The number of hydrogen-bond donors (Lipinski definition) is 0. The van der Waals surface area contributed by atoms with Gasteiger partial charge in [0.25, 0.3) is 0 Å². The zero-order chi connectivity index (χ0) is 20.1. The largest absolute Gasteiger partial charge is 0.346 e. The van der Waals surface area contributed by atoms with E-state index >= 15 is 0 Å². The van der Waals surface area contributed by atoms with Crippen molar-refractivity contribution in [1.29, 1.82) is 5.26 Å². The van der Waals surface area contributed by atoms with Crippen molar-refractivity contribution in [3.8, 4) is 6.07 Å². The van der Waals surface area contributed by atoms with Crippen molar-refractivity contribution < 1.29 is 9.59 Å². The number of para-hydroxylation sites is 1. The van der Waals surface area contributed by atoms with E-state index in [1.54, 1.807) is 17.9 Å². The first-order chi connectivity index (χ1) is 13.5. The summed E-state index contributed by atoms with van der Waals surface area (Å²) in [6, 6.07) is 10.4. The molecule has 2 heterocycles. The molecule has 0 N–H and O–H groups in total. The van der Waals surface area contributed by atoms with Gasteiger partial charge in [-0.25, -0.2) is 0 Å². The third-order valence-corrected chi connectivity index (χ3v) is 5.51. The number of amides is 2. The number of fused-ring (bicyclic) bond motifs is 1. The second-order valence-corrected chi connectivity index (χ2v) is 7.22. The van der Waals surface area contributed by atoms with Crippen molar-refractivity contribution in [2.75, 3.05) is 20.1 Å². The minimum atomic E-state index is -0.00205. The smallest absolute Gasteiger partial charge is 0.246 e. The number of piperidine rings is 1. The Morgan fingerprint density at radius 2 is 2.00 bits per heavy atom. The summed E-state index contributed by atoms with van der Waals surface area (Å²) in [6.07, 6.45) is 7.56. The monoisotopic (exact) mass is 378 g/mol. The van der Waals surface area contributed by atoms with Crippen molar-refractivity contribution in [1.82, 2.24) is 14.4 Å². The summed E-state index contributed by atoms with van der Waals surface area (Å²) in [5.74, 6) is 0.0650. The lowest BCUT2D eigenvalue weighted by Gasteiger charge is -2.36. The highest BCUT2D eigenvalue weighted by Gasteiger charge is 2.25. The van der Waals surface area contributed by atoms with Crippen LogP contribution in [-0.4, -0.2) is 52.4 Å². The van der Waals surface area contributed by atoms with Crippen LogP contribution in [0.1, 0.15) is 31.7 Å². The van der Waals surface area contributed by atoms with Crippen LogP contribution in [0.2, 0.25) is 0 Å². The molecule has 1 fully saturated rings. The third kappa shape index (κ3) is 4.25. The molecule has 1 aliphatic heterocycles. The number of carbonyl (C=O) groups is 2. The minimum absolute atomic E-state index is 0.00205. The summed E-state index contributed by atoms with van der Waals surface area (Å²) in [7, 11) is 1.83. The van der Waals surface area contributed by atoms with Crippen LogP contribution in [0.15, 0.2) is 36.5 Å². The summed E-state index contributed by atoms with van der Waals surface area (Å²) in [5, 5.41) is 9.94. The molecule has 1 saturated heterocycles. The van der Waals surface area contributed by atoms with Gasteiger partial charge >= 0.3 is 0 Å². The first-order valence-electron chi connectivity index (χ1n) is 9.66. The molecule has 6 heteroatoms. The molecule has 1 aliphatic rings. The molecule has 0 bridgehead atoms. The van der Waals surface area contributed by atoms with Crippen molar-refractivity contribution in [2.45, 2.75) is 38.8 Å². The Kier molecular flexibility index (Phi) is 6.15. The molecule has 1 aromatic heterocycles. The Morgan fingerprint density at radius 3 is 2.68 bits per heavy atom. The normalized spacial score (nSPS) is 15.1. The lowest BCUT2D eigenvalue weighted by atomic mass is 10.0. The molecule has 0 saturated carbocycles. The summed E-state index contributed by atoms with van der Waals surface area (Å²) >= 11 is 0. The van der Waals surface area contributed by atoms with Crippen molar-refractivity contribution in [3.05, 3.63) is 42.1 Å². The first-order valence-corrected chi connectivity index (χ1v) is 9.66. The van der Waals surface area contributed by atoms with Gasteiger partial charge in [0.05, 0.1) is 12.5 Å². The van der Waals surface area contributed by atoms with E-state index < -0.39 is 0 Å². The maximum absolute atomic E-state index is 12.6. The van der Waals surface area contributed by atoms with E-state index in [4.69, 9.17) is 5.26 Å². The molecule has 0 radical (unpaired) electrons. The highest BCUT2D eigenvalue weighted by atomic mass is 16.2. The van der Waals surface area contributed by atoms with Crippen LogP contribution in [0, 0.1) is 11.3 Å². The van der Waals surface area contributed by atoms with E-state index in [2.05, 4.69) is 10.6 Å². The van der Waals surface area contributed by atoms with Gasteiger partial charge in [-0.3, -0.25) is 9.59 Å². The summed E-state index contributed by atoms with van der Waals surface area (Å²) < 4.78 is 2.06. The van der Waals surface area contributed by atoms with Crippen molar-refractivity contribution in [2.24, 2.45) is 0 Å². The average molecular weight is 378 g/mol. The molecule has 2 aromatic rings. The van der Waals surface area contributed by atoms with Gasteiger partial charge in [0.2, 0.25) is 11.8 Å². The predicted molar refractivity (Wildman–Crippen MR) is 109 cm³/mol. The quantitative estimate of drug-likeness (QED) is 0.751. The molecule has 6 nitrogen and oxygen atoms in total. The number of benzene rings is 1. The highest BCUT2D eigenvalue weighted by molar-refractivity contribution is 5.96. The fraction of sp³-hybridized carbons (Fsp3) is 0.409. The number of aryl methyl sites for hydroxylation is 1. The molecule has 0 spiro atoms. The molecule has 0 unspecified atom stereocenters. The predicted octanol–water partition coefficient (Wildman–Crippen LogP) is 3.04. The molecular weight excluding hydrogens is 352 g/mol. The van der Waals surface area contributed by atoms with E-state index in [1.165, 1.54) is 0 Å². The molecule has 3 rings (SSSR count). The third-order valence-electron chi connectivity index (χ3n) is 5.51. The van der Waals surface area contributed by atoms with Crippen LogP contribution in [0.25, 0.3) is 17.0 Å². The molecule has 0 atom stereocenters. The molecule has 146 valence electrons. The van der Waals surface area contributed by atoms with Gasteiger partial charge in [-0.1, -0.05) is 18.2 Å². The van der Waals surface area contributed by atoms with Gasteiger partial charge in [-0.15, -0.1) is 0 Å². The molecule has 0 aliphatic carbocycles. The van der Waals surface area contributed by atoms with Gasteiger partial charge in [-0.2, -0.15) is 5.26 Å². The van der Waals surface area contributed by atoms with Crippen LogP contribution in [0.3, 0.4) is 0 Å². The fourth-order valence-electron chi connectivity index (χ4n) is 3.76. The van der Waals surface area contributed by atoms with E-state index in [1.807, 2.05) is 48.5 Å². The van der Waals surface area contributed by atoms with Gasteiger partial charge in [0.1, 0.15) is 0 Å². The van der Waals surface area contributed by atoms with Crippen LogP contribution in [0.4, 0.5) is 0 Å². The zero-order valence-electron chi connectivity index (χ0n) is 16.5.